The van der Waals surface area contributed by atoms with Gasteiger partial charge in [0.15, 0.2) is 0 Å². The van der Waals surface area contributed by atoms with Gasteiger partial charge in [-0.3, -0.25) is 4.79 Å². The van der Waals surface area contributed by atoms with Crippen LogP contribution in [0.2, 0.25) is 0 Å². The SMILES string of the molecule is CC1(C(=O)Nc2ccccc2C(=O)O)CCCCN1. The fraction of sp³-hybridized carbons (Fsp3) is 0.429. The molecule has 1 aliphatic heterocycles. The lowest BCUT2D eigenvalue weighted by molar-refractivity contribution is -0.122. The van der Waals surface area contributed by atoms with Gasteiger partial charge in [0.1, 0.15) is 0 Å². The number of carbonyl (C=O) groups is 2. The van der Waals surface area contributed by atoms with Gasteiger partial charge in [0.25, 0.3) is 0 Å². The van der Waals surface area contributed by atoms with Crippen molar-refractivity contribution in [1.82, 2.24) is 5.32 Å². The minimum absolute atomic E-state index is 0.107. The molecular formula is C14H18N2O3. The molecule has 1 unspecified atom stereocenters. The Morgan fingerprint density at radius 3 is 2.68 bits per heavy atom. The monoisotopic (exact) mass is 262 g/mol. The van der Waals surface area contributed by atoms with Crippen molar-refractivity contribution in [3.63, 3.8) is 0 Å². The van der Waals surface area contributed by atoms with Gasteiger partial charge in [-0.15, -0.1) is 0 Å². The first-order valence-corrected chi connectivity index (χ1v) is 6.42. The fourth-order valence-corrected chi connectivity index (χ4v) is 2.29. The summed E-state index contributed by atoms with van der Waals surface area (Å²) in [5.41, 5.74) is -0.173. The number of rotatable bonds is 3. The van der Waals surface area contributed by atoms with Crippen LogP contribution in [0.15, 0.2) is 24.3 Å². The lowest BCUT2D eigenvalue weighted by Crippen LogP contribution is -2.54. The summed E-state index contributed by atoms with van der Waals surface area (Å²) in [5, 5.41) is 15.0. The molecule has 2 rings (SSSR count). The lowest BCUT2D eigenvalue weighted by Gasteiger charge is -2.33. The molecule has 1 aliphatic rings. The van der Waals surface area contributed by atoms with Crippen molar-refractivity contribution in [2.75, 3.05) is 11.9 Å². The summed E-state index contributed by atoms with van der Waals surface area (Å²) in [4.78, 5) is 23.4. The molecule has 1 aromatic carbocycles. The molecule has 1 fully saturated rings. The summed E-state index contributed by atoms with van der Waals surface area (Å²) in [6.07, 6.45) is 2.82. The van der Waals surface area contributed by atoms with Crippen LogP contribution in [-0.4, -0.2) is 29.1 Å². The standard InChI is InChI=1S/C14H18N2O3/c1-14(8-4-5-9-15-14)13(19)16-11-7-3-2-6-10(11)12(17)18/h2-3,6-7,15H,4-5,8-9H2,1H3,(H,16,19)(H,17,18). The number of carboxylic acids is 1. The van der Waals surface area contributed by atoms with Crippen LogP contribution in [0.4, 0.5) is 5.69 Å². The topological polar surface area (TPSA) is 78.4 Å². The van der Waals surface area contributed by atoms with Gasteiger partial charge >= 0.3 is 5.97 Å². The van der Waals surface area contributed by atoms with Crippen molar-refractivity contribution in [3.8, 4) is 0 Å². The van der Waals surface area contributed by atoms with Gasteiger partial charge in [0.05, 0.1) is 16.8 Å². The zero-order chi connectivity index (χ0) is 13.9. The molecule has 0 bridgehead atoms. The van der Waals surface area contributed by atoms with E-state index < -0.39 is 11.5 Å². The maximum Gasteiger partial charge on any atom is 0.337 e. The van der Waals surface area contributed by atoms with Gasteiger partial charge in [0, 0.05) is 0 Å². The van der Waals surface area contributed by atoms with E-state index in [1.54, 1.807) is 18.2 Å². The number of hydrogen-bond acceptors (Lipinski definition) is 3. The number of anilines is 1. The summed E-state index contributed by atoms with van der Waals surface area (Å²) in [7, 11) is 0. The second-order valence-electron chi connectivity index (χ2n) is 5.02. The second kappa shape index (κ2) is 5.40. The molecule has 0 radical (unpaired) electrons. The molecule has 1 atom stereocenters. The quantitative estimate of drug-likeness (QED) is 0.777. The van der Waals surface area contributed by atoms with Crippen LogP contribution in [-0.2, 0) is 4.79 Å². The van der Waals surface area contributed by atoms with E-state index >= 15 is 0 Å². The van der Waals surface area contributed by atoms with Gasteiger partial charge in [-0.25, -0.2) is 4.79 Å². The molecule has 1 saturated heterocycles. The molecule has 5 heteroatoms. The van der Waals surface area contributed by atoms with Crippen molar-refractivity contribution >= 4 is 17.6 Å². The first-order valence-electron chi connectivity index (χ1n) is 6.42. The van der Waals surface area contributed by atoms with E-state index in [0.29, 0.717) is 5.69 Å². The summed E-state index contributed by atoms with van der Waals surface area (Å²) in [6, 6.07) is 6.43. The van der Waals surface area contributed by atoms with E-state index in [1.807, 2.05) is 6.92 Å². The Bertz CT molecular complexity index is 493. The minimum atomic E-state index is -1.04. The van der Waals surface area contributed by atoms with E-state index in [0.717, 1.165) is 25.8 Å². The summed E-state index contributed by atoms with van der Waals surface area (Å²) in [5.74, 6) is -1.22. The Kier molecular flexibility index (Phi) is 3.85. The molecular weight excluding hydrogens is 244 g/mol. The first kappa shape index (κ1) is 13.5. The van der Waals surface area contributed by atoms with Crippen molar-refractivity contribution in [2.24, 2.45) is 0 Å². The molecule has 0 aliphatic carbocycles. The lowest BCUT2D eigenvalue weighted by atomic mass is 9.90. The van der Waals surface area contributed by atoms with E-state index in [1.165, 1.54) is 6.07 Å². The van der Waals surface area contributed by atoms with Gasteiger partial charge < -0.3 is 15.7 Å². The molecule has 19 heavy (non-hydrogen) atoms. The number of nitrogens with one attached hydrogen (secondary N) is 2. The molecule has 0 spiro atoms. The predicted molar refractivity (Wildman–Crippen MR) is 72.3 cm³/mol. The maximum absolute atomic E-state index is 12.3. The van der Waals surface area contributed by atoms with Crippen LogP contribution < -0.4 is 10.6 Å². The Hall–Kier alpha value is -1.88. The van der Waals surface area contributed by atoms with E-state index in [9.17, 15) is 9.59 Å². The van der Waals surface area contributed by atoms with Crippen molar-refractivity contribution < 1.29 is 14.7 Å². The Balaban J connectivity index is 2.17. The number of para-hydroxylation sites is 1. The smallest absolute Gasteiger partial charge is 0.337 e. The fourth-order valence-electron chi connectivity index (χ4n) is 2.29. The highest BCUT2D eigenvalue weighted by Crippen LogP contribution is 2.22. The van der Waals surface area contributed by atoms with Crippen LogP contribution >= 0.6 is 0 Å². The Labute approximate surface area is 112 Å². The van der Waals surface area contributed by atoms with Crippen molar-refractivity contribution in [3.05, 3.63) is 29.8 Å². The Morgan fingerprint density at radius 2 is 2.05 bits per heavy atom. The summed E-state index contributed by atoms with van der Waals surface area (Å²) in [6.45, 7) is 2.66. The number of hydrogen-bond donors (Lipinski definition) is 3. The van der Waals surface area contributed by atoms with Gasteiger partial charge in [-0.1, -0.05) is 12.1 Å². The molecule has 102 valence electrons. The molecule has 5 nitrogen and oxygen atoms in total. The highest BCUT2D eigenvalue weighted by molar-refractivity contribution is 6.03. The number of carboxylic acid groups (broad SMARTS) is 1. The molecule has 1 amide bonds. The van der Waals surface area contributed by atoms with Crippen LogP contribution in [0.1, 0.15) is 36.5 Å². The minimum Gasteiger partial charge on any atom is -0.478 e. The normalized spacial score (nSPS) is 22.8. The maximum atomic E-state index is 12.3. The van der Waals surface area contributed by atoms with Gasteiger partial charge in [0.2, 0.25) is 5.91 Å². The third-order valence-corrected chi connectivity index (χ3v) is 3.53. The first-order chi connectivity index (χ1) is 9.03. The number of piperidine rings is 1. The zero-order valence-corrected chi connectivity index (χ0v) is 10.9. The number of carbonyl (C=O) groups excluding carboxylic acids is 1. The molecule has 3 N–H and O–H groups in total. The molecule has 0 saturated carbocycles. The van der Waals surface area contributed by atoms with Crippen molar-refractivity contribution in [2.45, 2.75) is 31.7 Å². The summed E-state index contributed by atoms with van der Waals surface area (Å²) >= 11 is 0. The zero-order valence-electron chi connectivity index (χ0n) is 10.9. The average Bonchev–Trinajstić information content (AvgIpc) is 2.40. The highest BCUT2D eigenvalue weighted by Gasteiger charge is 2.34. The molecule has 0 aromatic heterocycles. The van der Waals surface area contributed by atoms with Crippen molar-refractivity contribution in [1.29, 1.82) is 0 Å². The van der Waals surface area contributed by atoms with E-state index in [4.69, 9.17) is 5.11 Å². The van der Waals surface area contributed by atoms with Crippen LogP contribution in [0, 0.1) is 0 Å². The summed E-state index contributed by atoms with van der Waals surface area (Å²) < 4.78 is 0. The van der Waals surface area contributed by atoms with E-state index in [2.05, 4.69) is 10.6 Å². The third-order valence-electron chi connectivity index (χ3n) is 3.53. The third kappa shape index (κ3) is 2.93. The predicted octanol–water partition coefficient (Wildman–Crippen LogP) is 1.86. The average molecular weight is 262 g/mol. The van der Waals surface area contributed by atoms with E-state index in [-0.39, 0.29) is 11.5 Å². The largest absolute Gasteiger partial charge is 0.478 e. The Morgan fingerprint density at radius 1 is 1.32 bits per heavy atom. The van der Waals surface area contributed by atoms with Crippen LogP contribution in [0.5, 0.6) is 0 Å². The number of benzene rings is 1. The van der Waals surface area contributed by atoms with Crippen LogP contribution in [0.3, 0.4) is 0 Å². The highest BCUT2D eigenvalue weighted by atomic mass is 16.4. The number of amides is 1. The molecule has 1 aromatic rings. The van der Waals surface area contributed by atoms with Gasteiger partial charge in [-0.2, -0.15) is 0 Å². The molecule has 1 heterocycles. The van der Waals surface area contributed by atoms with Crippen LogP contribution in [0.25, 0.3) is 0 Å². The second-order valence-corrected chi connectivity index (χ2v) is 5.02. The number of aromatic carboxylic acids is 1. The van der Waals surface area contributed by atoms with Gasteiger partial charge in [-0.05, 0) is 44.9 Å².